The Morgan fingerprint density at radius 3 is 2.71 bits per heavy atom. The smallest absolute Gasteiger partial charge is 0.344 e. The van der Waals surface area contributed by atoms with Gasteiger partial charge in [-0.25, -0.2) is 14.6 Å². The van der Waals surface area contributed by atoms with Gasteiger partial charge in [0, 0.05) is 6.20 Å². The van der Waals surface area contributed by atoms with Gasteiger partial charge in [-0.05, 0) is 42.7 Å². The first-order chi connectivity index (χ1) is 11.4. The number of nitrogens with zero attached hydrogens (tertiary/aromatic N) is 1. The maximum Gasteiger partial charge on any atom is 0.344 e. The van der Waals surface area contributed by atoms with Crippen LogP contribution < -0.4 is 0 Å². The van der Waals surface area contributed by atoms with Crippen molar-refractivity contribution in [3.8, 4) is 0 Å². The van der Waals surface area contributed by atoms with Gasteiger partial charge in [0.15, 0.2) is 6.61 Å². The lowest BCUT2D eigenvalue weighted by atomic mass is 9.75. The Hall–Kier alpha value is -1.62. The fourth-order valence-corrected chi connectivity index (χ4v) is 3.27. The van der Waals surface area contributed by atoms with Crippen LogP contribution in [0.25, 0.3) is 0 Å². The van der Waals surface area contributed by atoms with Crippen LogP contribution >= 0.6 is 11.6 Å². The summed E-state index contributed by atoms with van der Waals surface area (Å²) in [5, 5.41) is 0.289. The highest BCUT2D eigenvalue weighted by Gasteiger charge is 2.33. The lowest BCUT2D eigenvalue weighted by Crippen LogP contribution is -2.36. The number of hydrogen-bond donors (Lipinski definition) is 0. The summed E-state index contributed by atoms with van der Waals surface area (Å²) in [6.45, 7) is 6.08. The first kappa shape index (κ1) is 18.7. The SMILES string of the molecule is CC1CCC(C(C)C)C(OC(=O)COC(=O)c2ccc(Cl)nc2)C1. The molecule has 6 heteroatoms. The van der Waals surface area contributed by atoms with E-state index >= 15 is 0 Å². The molecule has 1 aliphatic carbocycles. The third kappa shape index (κ3) is 5.20. The van der Waals surface area contributed by atoms with Gasteiger partial charge in [-0.2, -0.15) is 0 Å². The summed E-state index contributed by atoms with van der Waals surface area (Å²) in [5.74, 6) is 0.239. The van der Waals surface area contributed by atoms with Crippen molar-refractivity contribution in [2.45, 2.75) is 46.1 Å². The van der Waals surface area contributed by atoms with E-state index in [1.165, 1.54) is 18.3 Å². The number of halogens is 1. The number of esters is 2. The quantitative estimate of drug-likeness (QED) is 0.593. The zero-order valence-corrected chi connectivity index (χ0v) is 15.1. The van der Waals surface area contributed by atoms with Crippen molar-refractivity contribution in [3.63, 3.8) is 0 Å². The number of ether oxygens (including phenoxy) is 2. The third-order valence-corrected chi connectivity index (χ3v) is 4.75. The highest BCUT2D eigenvalue weighted by Crippen LogP contribution is 2.35. The molecular weight excluding hydrogens is 330 g/mol. The van der Waals surface area contributed by atoms with Crippen LogP contribution in [0, 0.1) is 17.8 Å². The number of hydrogen-bond acceptors (Lipinski definition) is 5. The average molecular weight is 354 g/mol. The molecule has 0 spiro atoms. The highest BCUT2D eigenvalue weighted by molar-refractivity contribution is 6.29. The Bertz CT molecular complexity index is 573. The lowest BCUT2D eigenvalue weighted by molar-refractivity contribution is -0.159. The van der Waals surface area contributed by atoms with Crippen molar-refractivity contribution in [2.75, 3.05) is 6.61 Å². The van der Waals surface area contributed by atoms with E-state index in [1.54, 1.807) is 0 Å². The molecule has 1 aromatic rings. The summed E-state index contributed by atoms with van der Waals surface area (Å²) < 4.78 is 10.6. The zero-order valence-electron chi connectivity index (χ0n) is 14.3. The van der Waals surface area contributed by atoms with E-state index in [9.17, 15) is 9.59 Å². The normalized spacial score (nSPS) is 23.8. The fourth-order valence-electron chi connectivity index (χ4n) is 3.16. The molecule has 0 N–H and O–H groups in total. The minimum absolute atomic E-state index is 0.0999. The summed E-state index contributed by atoms with van der Waals surface area (Å²) in [6, 6.07) is 2.99. The van der Waals surface area contributed by atoms with Crippen LogP contribution in [0.3, 0.4) is 0 Å². The van der Waals surface area contributed by atoms with Crippen LogP contribution in [0.4, 0.5) is 0 Å². The standard InChI is InChI=1S/C18H24ClNO4/c1-11(2)14-6-4-12(3)8-15(14)24-17(21)10-23-18(22)13-5-7-16(19)20-9-13/h5,7,9,11-12,14-15H,4,6,8,10H2,1-3H3. The minimum atomic E-state index is -0.617. The van der Waals surface area contributed by atoms with Crippen molar-refractivity contribution in [3.05, 3.63) is 29.0 Å². The minimum Gasteiger partial charge on any atom is -0.460 e. The molecule has 3 unspecified atom stereocenters. The van der Waals surface area contributed by atoms with Crippen molar-refractivity contribution >= 4 is 23.5 Å². The second-order valence-electron chi connectivity index (χ2n) is 6.80. The Balaban J connectivity index is 1.85. The second kappa shape index (κ2) is 8.47. The Morgan fingerprint density at radius 1 is 1.33 bits per heavy atom. The molecule has 132 valence electrons. The van der Waals surface area contributed by atoms with E-state index in [-0.39, 0.29) is 16.8 Å². The van der Waals surface area contributed by atoms with E-state index < -0.39 is 18.5 Å². The topological polar surface area (TPSA) is 65.5 Å². The summed E-state index contributed by atoms with van der Waals surface area (Å²) >= 11 is 5.67. The van der Waals surface area contributed by atoms with E-state index in [0.29, 0.717) is 17.8 Å². The molecule has 0 radical (unpaired) electrons. The fraction of sp³-hybridized carbons (Fsp3) is 0.611. The second-order valence-corrected chi connectivity index (χ2v) is 7.19. The number of carbonyl (C=O) groups excluding carboxylic acids is 2. The Labute approximate surface area is 147 Å². The van der Waals surface area contributed by atoms with Crippen molar-refractivity contribution < 1.29 is 19.1 Å². The summed E-state index contributed by atoms with van der Waals surface area (Å²) in [6.07, 6.45) is 4.30. The molecule has 1 fully saturated rings. The van der Waals surface area contributed by atoms with Crippen molar-refractivity contribution in [2.24, 2.45) is 17.8 Å². The number of pyridine rings is 1. The molecule has 1 heterocycles. The van der Waals surface area contributed by atoms with Gasteiger partial charge in [0.05, 0.1) is 5.56 Å². The molecule has 5 nitrogen and oxygen atoms in total. The molecule has 0 saturated heterocycles. The third-order valence-electron chi connectivity index (χ3n) is 4.53. The van der Waals surface area contributed by atoms with Gasteiger partial charge in [0.2, 0.25) is 0 Å². The van der Waals surface area contributed by atoms with Gasteiger partial charge in [0.1, 0.15) is 11.3 Å². The molecule has 1 aliphatic rings. The van der Waals surface area contributed by atoms with Crippen molar-refractivity contribution in [1.82, 2.24) is 4.98 Å². The first-order valence-electron chi connectivity index (χ1n) is 8.35. The number of aromatic nitrogens is 1. The van der Waals surface area contributed by atoms with Crippen LogP contribution in [0.5, 0.6) is 0 Å². The maximum absolute atomic E-state index is 12.0. The van der Waals surface area contributed by atoms with E-state index in [4.69, 9.17) is 21.1 Å². The Kier molecular flexibility index (Phi) is 6.60. The van der Waals surface area contributed by atoms with E-state index in [0.717, 1.165) is 19.3 Å². The molecule has 2 rings (SSSR count). The molecule has 0 aliphatic heterocycles. The molecule has 24 heavy (non-hydrogen) atoms. The van der Waals surface area contributed by atoms with Gasteiger partial charge in [-0.3, -0.25) is 0 Å². The van der Waals surface area contributed by atoms with Crippen LogP contribution in [0.2, 0.25) is 5.15 Å². The molecule has 1 aromatic heterocycles. The lowest BCUT2D eigenvalue weighted by Gasteiger charge is -2.36. The van der Waals surface area contributed by atoms with Gasteiger partial charge in [-0.1, -0.05) is 38.8 Å². The van der Waals surface area contributed by atoms with E-state index in [1.807, 2.05) is 0 Å². The molecular formula is C18H24ClNO4. The molecule has 3 atom stereocenters. The Morgan fingerprint density at radius 2 is 2.08 bits per heavy atom. The van der Waals surface area contributed by atoms with Gasteiger partial charge in [0.25, 0.3) is 0 Å². The van der Waals surface area contributed by atoms with Gasteiger partial charge >= 0.3 is 11.9 Å². The van der Waals surface area contributed by atoms with Crippen LogP contribution in [0.15, 0.2) is 18.3 Å². The molecule has 1 saturated carbocycles. The average Bonchev–Trinajstić information content (AvgIpc) is 2.53. The van der Waals surface area contributed by atoms with Crippen LogP contribution in [0.1, 0.15) is 50.4 Å². The predicted octanol–water partition coefficient (Wildman–Crippen LogP) is 3.90. The first-order valence-corrected chi connectivity index (χ1v) is 8.72. The molecule has 0 amide bonds. The summed E-state index contributed by atoms with van der Waals surface area (Å²) in [7, 11) is 0. The number of rotatable bonds is 5. The predicted molar refractivity (Wildman–Crippen MR) is 90.8 cm³/mol. The maximum atomic E-state index is 12.0. The van der Waals surface area contributed by atoms with Crippen LogP contribution in [-0.4, -0.2) is 29.6 Å². The zero-order chi connectivity index (χ0) is 17.7. The van der Waals surface area contributed by atoms with E-state index in [2.05, 4.69) is 25.8 Å². The number of carbonyl (C=O) groups is 2. The van der Waals surface area contributed by atoms with Gasteiger partial charge in [-0.15, -0.1) is 0 Å². The van der Waals surface area contributed by atoms with Crippen LogP contribution in [-0.2, 0) is 14.3 Å². The summed E-state index contributed by atoms with van der Waals surface area (Å²) in [5.41, 5.74) is 0.249. The highest BCUT2D eigenvalue weighted by atomic mass is 35.5. The molecule has 0 bridgehead atoms. The largest absolute Gasteiger partial charge is 0.460 e. The van der Waals surface area contributed by atoms with Crippen molar-refractivity contribution in [1.29, 1.82) is 0 Å². The van der Waals surface area contributed by atoms with Gasteiger partial charge < -0.3 is 9.47 Å². The molecule has 0 aromatic carbocycles. The monoisotopic (exact) mass is 353 g/mol. The summed E-state index contributed by atoms with van der Waals surface area (Å²) in [4.78, 5) is 27.7.